The molecule has 2 aliphatic rings. The van der Waals surface area contributed by atoms with E-state index in [0.29, 0.717) is 18.0 Å². The zero-order chi connectivity index (χ0) is 27.2. The molecule has 3 aromatic rings. The summed E-state index contributed by atoms with van der Waals surface area (Å²) in [6.45, 7) is 0.0913. The molecule has 5 rings (SSSR count). The van der Waals surface area contributed by atoms with E-state index >= 15 is 0 Å². The molecule has 2 fully saturated rings. The van der Waals surface area contributed by atoms with E-state index in [1.807, 2.05) is 30.1 Å². The van der Waals surface area contributed by atoms with Crippen molar-refractivity contribution >= 4 is 11.6 Å². The number of aliphatic hydroxyl groups excluding tert-OH is 3. The minimum atomic E-state index is -1.65. The summed E-state index contributed by atoms with van der Waals surface area (Å²) < 4.78 is 54.2. The van der Waals surface area contributed by atoms with Crippen LogP contribution in [0.3, 0.4) is 0 Å². The zero-order valence-corrected chi connectivity index (χ0v) is 21.0. The molecule has 13 heteroatoms. The van der Waals surface area contributed by atoms with Crippen LogP contribution in [0, 0.1) is 17.5 Å². The highest BCUT2D eigenvalue weighted by Crippen LogP contribution is 2.45. The molecule has 0 bridgehead atoms. The van der Waals surface area contributed by atoms with E-state index in [0.717, 1.165) is 22.4 Å². The monoisotopic (exact) mass is 554 g/mol. The van der Waals surface area contributed by atoms with Crippen molar-refractivity contribution in [3.63, 3.8) is 0 Å². The highest BCUT2D eigenvalue weighted by molar-refractivity contribution is 6.30. The van der Waals surface area contributed by atoms with Gasteiger partial charge in [-0.2, -0.15) is 0 Å². The maximum atomic E-state index is 13.8. The SMILES string of the molecule is CN(Cc1cccc(Cl)c1)[C@@H]1CCO[C@]12O[C@H](CO)[C@H](O)[C@H](n1cc(-c3cc(F)c(F)c(F)c3)nn1)[C@H]2O. The molecule has 2 saturated heterocycles. The van der Waals surface area contributed by atoms with Crippen molar-refractivity contribution in [3.8, 4) is 11.3 Å². The van der Waals surface area contributed by atoms with Crippen molar-refractivity contribution in [2.75, 3.05) is 20.3 Å². The Hall–Kier alpha value is -2.58. The molecule has 1 aromatic heterocycles. The lowest BCUT2D eigenvalue weighted by Crippen LogP contribution is -2.68. The van der Waals surface area contributed by atoms with Gasteiger partial charge in [-0.15, -0.1) is 5.10 Å². The van der Waals surface area contributed by atoms with Gasteiger partial charge in [-0.25, -0.2) is 17.9 Å². The third-order valence-electron chi connectivity index (χ3n) is 7.11. The molecule has 3 N–H and O–H groups in total. The number of nitrogens with zero attached hydrogens (tertiary/aromatic N) is 4. The number of aromatic nitrogens is 3. The largest absolute Gasteiger partial charge is 0.394 e. The predicted molar refractivity (Wildman–Crippen MR) is 128 cm³/mol. The number of aliphatic hydroxyl groups is 3. The average molecular weight is 555 g/mol. The quantitative estimate of drug-likeness (QED) is 0.398. The lowest BCUT2D eigenvalue weighted by Gasteiger charge is -2.51. The number of hydrogen-bond acceptors (Lipinski definition) is 8. The first-order valence-corrected chi connectivity index (χ1v) is 12.3. The topological polar surface area (TPSA) is 113 Å². The van der Waals surface area contributed by atoms with Crippen LogP contribution in [0.15, 0.2) is 42.6 Å². The van der Waals surface area contributed by atoms with Gasteiger partial charge in [-0.1, -0.05) is 28.9 Å². The van der Waals surface area contributed by atoms with Crippen LogP contribution >= 0.6 is 11.6 Å². The molecule has 6 atom stereocenters. The molecule has 2 aliphatic heterocycles. The van der Waals surface area contributed by atoms with E-state index in [4.69, 9.17) is 21.1 Å². The van der Waals surface area contributed by atoms with Gasteiger partial charge in [0, 0.05) is 17.1 Å². The lowest BCUT2D eigenvalue weighted by molar-refractivity contribution is -0.352. The highest BCUT2D eigenvalue weighted by atomic mass is 35.5. The maximum absolute atomic E-state index is 13.8. The Morgan fingerprint density at radius 1 is 1.18 bits per heavy atom. The minimum Gasteiger partial charge on any atom is -0.394 e. The Balaban J connectivity index is 1.47. The summed E-state index contributed by atoms with van der Waals surface area (Å²) in [5.41, 5.74) is 0.806. The molecular formula is C25H26ClF3N4O5. The van der Waals surface area contributed by atoms with Gasteiger partial charge in [0.2, 0.25) is 5.79 Å². The number of ether oxygens (including phenoxy) is 2. The summed E-state index contributed by atoms with van der Waals surface area (Å²) in [6.07, 6.45) is -2.36. The number of benzene rings is 2. The molecule has 0 unspecified atom stereocenters. The van der Waals surface area contributed by atoms with Crippen molar-refractivity contribution in [2.24, 2.45) is 0 Å². The normalized spacial score (nSPS) is 29.4. The summed E-state index contributed by atoms with van der Waals surface area (Å²) >= 11 is 6.13. The van der Waals surface area contributed by atoms with Crippen molar-refractivity contribution in [3.05, 3.63) is 70.6 Å². The first-order valence-electron chi connectivity index (χ1n) is 11.9. The standard InChI is InChI=1S/C25H26ClF3N4O5/c1-32(10-13-3-2-4-15(26)7-13)20-5-6-37-25(20)24(36)22(23(35)19(12-34)38-25)33-11-18(30-31-33)14-8-16(27)21(29)17(28)9-14/h2-4,7-9,11,19-20,22-24,34-36H,5-6,10,12H2,1H3/t19-,20-,22+,23+,24-,25+/m1/s1. The maximum Gasteiger partial charge on any atom is 0.213 e. The third kappa shape index (κ3) is 4.70. The third-order valence-corrected chi connectivity index (χ3v) is 7.35. The van der Waals surface area contributed by atoms with Gasteiger partial charge >= 0.3 is 0 Å². The first-order chi connectivity index (χ1) is 18.1. The van der Waals surface area contributed by atoms with Gasteiger partial charge in [-0.05, 0) is 43.3 Å². The van der Waals surface area contributed by atoms with Gasteiger partial charge in [0.25, 0.3) is 0 Å². The molecular weight excluding hydrogens is 529 g/mol. The number of halogens is 4. The Kier molecular flexibility index (Phi) is 7.48. The number of rotatable bonds is 6. The fourth-order valence-electron chi connectivity index (χ4n) is 5.31. The summed E-state index contributed by atoms with van der Waals surface area (Å²) in [7, 11) is 1.83. The Labute approximate surface area is 221 Å². The minimum absolute atomic E-state index is 0.0229. The molecule has 2 aromatic carbocycles. The first kappa shape index (κ1) is 27.0. The lowest BCUT2D eigenvalue weighted by atomic mass is 9.85. The summed E-state index contributed by atoms with van der Waals surface area (Å²) in [5, 5.41) is 41.0. The molecule has 9 nitrogen and oxygen atoms in total. The molecule has 0 saturated carbocycles. The van der Waals surface area contributed by atoms with Gasteiger partial charge in [0.1, 0.15) is 30.0 Å². The zero-order valence-electron chi connectivity index (χ0n) is 20.2. The fraction of sp³-hybridized carbons (Fsp3) is 0.440. The number of likely N-dealkylation sites (N-methyl/N-ethyl adjacent to an activating group) is 1. The second-order valence-corrected chi connectivity index (χ2v) is 9.96. The average Bonchev–Trinajstić information content (AvgIpc) is 3.53. The summed E-state index contributed by atoms with van der Waals surface area (Å²) in [5.74, 6) is -6.06. The van der Waals surface area contributed by atoms with E-state index < -0.39 is 60.2 Å². The summed E-state index contributed by atoms with van der Waals surface area (Å²) in [6, 6.07) is 7.14. The molecule has 1 spiro atoms. The second kappa shape index (κ2) is 10.5. The van der Waals surface area contributed by atoms with Crippen molar-refractivity contribution < 1.29 is 38.0 Å². The molecule has 0 amide bonds. The molecule has 3 heterocycles. The van der Waals surface area contributed by atoms with Crippen molar-refractivity contribution in [1.29, 1.82) is 0 Å². The smallest absolute Gasteiger partial charge is 0.213 e. The summed E-state index contributed by atoms with van der Waals surface area (Å²) in [4.78, 5) is 1.93. The molecule has 0 aliphatic carbocycles. The number of hydrogen-bond donors (Lipinski definition) is 3. The molecule has 204 valence electrons. The van der Waals surface area contributed by atoms with Gasteiger partial charge in [-0.3, -0.25) is 4.90 Å². The molecule has 0 radical (unpaired) electrons. The van der Waals surface area contributed by atoms with Crippen LogP contribution in [0.2, 0.25) is 5.02 Å². The van der Waals surface area contributed by atoms with Crippen LogP contribution in [0.25, 0.3) is 11.3 Å². The van der Waals surface area contributed by atoms with E-state index in [1.165, 1.54) is 6.20 Å². The van der Waals surface area contributed by atoms with Crippen LogP contribution in [-0.4, -0.2) is 85.6 Å². The van der Waals surface area contributed by atoms with Gasteiger partial charge in [0.15, 0.2) is 17.5 Å². The van der Waals surface area contributed by atoms with Crippen LogP contribution in [-0.2, 0) is 16.0 Å². The van der Waals surface area contributed by atoms with E-state index in [9.17, 15) is 28.5 Å². The fourth-order valence-corrected chi connectivity index (χ4v) is 5.52. The second-order valence-electron chi connectivity index (χ2n) is 9.52. The van der Waals surface area contributed by atoms with Crippen LogP contribution in [0.1, 0.15) is 18.0 Å². The van der Waals surface area contributed by atoms with E-state index in [-0.39, 0.29) is 17.9 Å². The Morgan fingerprint density at radius 3 is 2.61 bits per heavy atom. The van der Waals surface area contributed by atoms with Gasteiger partial charge < -0.3 is 24.8 Å². The van der Waals surface area contributed by atoms with Crippen molar-refractivity contribution in [1.82, 2.24) is 19.9 Å². The van der Waals surface area contributed by atoms with E-state index in [1.54, 1.807) is 6.07 Å². The molecule has 38 heavy (non-hydrogen) atoms. The highest BCUT2D eigenvalue weighted by Gasteiger charge is 2.62. The van der Waals surface area contributed by atoms with E-state index in [2.05, 4.69) is 10.3 Å². The predicted octanol–water partition coefficient (Wildman–Crippen LogP) is 2.29. The van der Waals surface area contributed by atoms with Crippen molar-refractivity contribution in [2.45, 2.75) is 49.1 Å². The Morgan fingerprint density at radius 2 is 1.92 bits per heavy atom. The Bertz CT molecular complexity index is 1290. The van der Waals surface area contributed by atoms with Crippen LogP contribution in [0.5, 0.6) is 0 Å². The van der Waals surface area contributed by atoms with Gasteiger partial charge in [0.05, 0.1) is 25.5 Å². The van der Waals surface area contributed by atoms with Crippen LogP contribution < -0.4 is 0 Å². The van der Waals surface area contributed by atoms with Crippen LogP contribution in [0.4, 0.5) is 13.2 Å².